The summed E-state index contributed by atoms with van der Waals surface area (Å²) in [5, 5.41) is 1.18. The van der Waals surface area contributed by atoms with Gasteiger partial charge in [-0.05, 0) is 31.3 Å². The van der Waals surface area contributed by atoms with Gasteiger partial charge in [0.1, 0.15) is 0 Å². The van der Waals surface area contributed by atoms with Gasteiger partial charge in [-0.25, -0.2) is 0 Å². The first-order valence-corrected chi connectivity index (χ1v) is 7.65. The quantitative estimate of drug-likeness (QED) is 0.357. The zero-order chi connectivity index (χ0) is 8.53. The fourth-order valence-electron chi connectivity index (χ4n) is 1.15. The molecule has 0 aromatic rings. The number of hydrogen-bond donors (Lipinski definition) is 0. The number of hydrogen-bond acceptors (Lipinski definition) is 0. The van der Waals surface area contributed by atoms with Crippen LogP contribution in [-0.4, -0.2) is 23.8 Å². The van der Waals surface area contributed by atoms with Crippen LogP contribution in [0.2, 0.25) is 0 Å². The molecule has 0 fully saturated rings. The second-order valence-corrected chi connectivity index (χ2v) is 6.62. The van der Waals surface area contributed by atoms with Crippen LogP contribution in [0.4, 0.5) is 0 Å². The molecule has 0 aromatic carbocycles. The molecular weight excluding hydrogens is 219 g/mol. The fourth-order valence-corrected chi connectivity index (χ4v) is 3.29. The largest absolute Gasteiger partial charge is 0.107 e. The third-order valence-electron chi connectivity index (χ3n) is 2.00. The maximum Gasteiger partial charge on any atom is 0.00313 e. The van der Waals surface area contributed by atoms with Crippen LogP contribution in [-0.2, 0) is 0 Å². The lowest BCUT2D eigenvalue weighted by Gasteiger charge is -2.11. The van der Waals surface area contributed by atoms with Crippen LogP contribution in [0, 0.1) is 0 Å². The van der Waals surface area contributed by atoms with E-state index < -0.39 is 0 Å². The van der Waals surface area contributed by atoms with Crippen molar-refractivity contribution in [1.82, 2.24) is 0 Å². The van der Waals surface area contributed by atoms with Gasteiger partial charge in [0, 0.05) is 5.33 Å². The molecule has 0 N–H and O–H groups in total. The summed E-state index contributed by atoms with van der Waals surface area (Å²) in [6.07, 6.45) is 8.61. The molecule has 0 heterocycles. The smallest absolute Gasteiger partial charge is 0.00313 e. The molecule has 0 saturated carbocycles. The minimum Gasteiger partial charge on any atom is -0.107 e. The van der Waals surface area contributed by atoms with Gasteiger partial charge in [-0.2, -0.15) is 0 Å². The normalized spacial score (nSPS) is 10.9. The summed E-state index contributed by atoms with van der Waals surface area (Å²) < 4.78 is 0. The predicted octanol–water partition coefficient (Wildman–Crippen LogP) is 4.07. The van der Waals surface area contributed by atoms with Crippen LogP contribution >= 0.6 is 23.9 Å². The Kier molecular flexibility index (Phi) is 9.75. The van der Waals surface area contributed by atoms with Gasteiger partial charge in [-0.3, -0.25) is 0 Å². The van der Waals surface area contributed by atoms with E-state index in [1.807, 2.05) is 0 Å². The number of halogens is 1. The standard InChI is InChI=1S/C9H20BrP/c1-3-11(4-2)9-7-5-6-8-10/h3-9H2,1-2H3. The van der Waals surface area contributed by atoms with Crippen LogP contribution < -0.4 is 0 Å². The van der Waals surface area contributed by atoms with Crippen molar-refractivity contribution in [3.63, 3.8) is 0 Å². The van der Waals surface area contributed by atoms with Crippen LogP contribution in [0.5, 0.6) is 0 Å². The summed E-state index contributed by atoms with van der Waals surface area (Å²) >= 11 is 3.46. The number of unbranched alkanes of at least 4 members (excludes halogenated alkanes) is 2. The van der Waals surface area contributed by atoms with Crippen molar-refractivity contribution >= 4 is 23.9 Å². The van der Waals surface area contributed by atoms with Gasteiger partial charge in [-0.15, -0.1) is 7.92 Å². The molecule has 0 atom stereocenters. The van der Waals surface area contributed by atoms with Crippen molar-refractivity contribution in [1.29, 1.82) is 0 Å². The monoisotopic (exact) mass is 238 g/mol. The molecule has 0 aliphatic rings. The molecule has 68 valence electrons. The molecule has 0 spiro atoms. The Balaban J connectivity index is 3.07. The van der Waals surface area contributed by atoms with Gasteiger partial charge in [0.2, 0.25) is 0 Å². The molecule has 0 radical (unpaired) electrons. The second-order valence-electron chi connectivity index (χ2n) is 2.78. The Morgan fingerprint density at radius 3 is 2.09 bits per heavy atom. The number of alkyl halides is 1. The highest BCUT2D eigenvalue weighted by atomic mass is 79.9. The van der Waals surface area contributed by atoms with E-state index in [0.717, 1.165) is 0 Å². The van der Waals surface area contributed by atoms with E-state index in [1.54, 1.807) is 0 Å². The topological polar surface area (TPSA) is 0 Å². The van der Waals surface area contributed by atoms with Crippen LogP contribution in [0.25, 0.3) is 0 Å². The van der Waals surface area contributed by atoms with Gasteiger partial charge in [0.15, 0.2) is 0 Å². The maximum absolute atomic E-state index is 3.46. The lowest BCUT2D eigenvalue weighted by molar-refractivity contribution is 0.785. The molecule has 2 heteroatoms. The Hall–Kier alpha value is 0.910. The lowest BCUT2D eigenvalue weighted by Crippen LogP contribution is -1.90. The molecule has 0 aliphatic carbocycles. The van der Waals surface area contributed by atoms with Gasteiger partial charge in [-0.1, -0.05) is 36.2 Å². The van der Waals surface area contributed by atoms with E-state index in [9.17, 15) is 0 Å². The minimum atomic E-state index is 0.412. The zero-order valence-electron chi connectivity index (χ0n) is 7.77. The average molecular weight is 239 g/mol. The Labute approximate surface area is 81.0 Å². The number of rotatable bonds is 7. The Morgan fingerprint density at radius 2 is 1.64 bits per heavy atom. The van der Waals surface area contributed by atoms with Gasteiger partial charge in [0.05, 0.1) is 0 Å². The summed E-state index contributed by atoms with van der Waals surface area (Å²) in [4.78, 5) is 0. The second kappa shape index (κ2) is 9.00. The molecule has 0 saturated heterocycles. The van der Waals surface area contributed by atoms with Crippen LogP contribution in [0.15, 0.2) is 0 Å². The summed E-state index contributed by atoms with van der Waals surface area (Å²) in [6, 6.07) is 0. The maximum atomic E-state index is 3.46. The highest BCUT2D eigenvalue weighted by Gasteiger charge is 2.00. The molecule has 0 amide bonds. The fraction of sp³-hybridized carbons (Fsp3) is 1.00. The first-order valence-electron chi connectivity index (χ1n) is 4.63. The third kappa shape index (κ3) is 7.28. The summed E-state index contributed by atoms with van der Waals surface area (Å²) in [5.41, 5.74) is 0. The Bertz CT molecular complexity index is 72.0. The van der Waals surface area contributed by atoms with Crippen molar-refractivity contribution in [2.24, 2.45) is 0 Å². The zero-order valence-corrected chi connectivity index (χ0v) is 10.3. The molecule has 0 unspecified atom stereocenters. The molecule has 0 aromatic heterocycles. The predicted molar refractivity (Wildman–Crippen MR) is 60.5 cm³/mol. The van der Waals surface area contributed by atoms with E-state index in [4.69, 9.17) is 0 Å². The van der Waals surface area contributed by atoms with Crippen LogP contribution in [0.1, 0.15) is 33.1 Å². The van der Waals surface area contributed by atoms with E-state index in [-0.39, 0.29) is 0 Å². The van der Waals surface area contributed by atoms with Crippen molar-refractivity contribution in [3.8, 4) is 0 Å². The van der Waals surface area contributed by atoms with E-state index in [1.165, 1.54) is 43.1 Å². The lowest BCUT2D eigenvalue weighted by atomic mass is 10.3. The molecule has 0 aliphatic heterocycles. The van der Waals surface area contributed by atoms with Gasteiger partial charge in [0.25, 0.3) is 0 Å². The van der Waals surface area contributed by atoms with Gasteiger partial charge >= 0.3 is 0 Å². The minimum absolute atomic E-state index is 0.412. The summed E-state index contributed by atoms with van der Waals surface area (Å²) in [6.45, 7) is 4.67. The molecule has 11 heavy (non-hydrogen) atoms. The third-order valence-corrected chi connectivity index (χ3v) is 5.30. The van der Waals surface area contributed by atoms with Crippen molar-refractivity contribution in [3.05, 3.63) is 0 Å². The van der Waals surface area contributed by atoms with Gasteiger partial charge < -0.3 is 0 Å². The van der Waals surface area contributed by atoms with Crippen molar-refractivity contribution in [2.45, 2.75) is 33.1 Å². The van der Waals surface area contributed by atoms with E-state index >= 15 is 0 Å². The van der Waals surface area contributed by atoms with E-state index in [2.05, 4.69) is 29.8 Å². The summed E-state index contributed by atoms with van der Waals surface area (Å²) in [7, 11) is 0.412. The Morgan fingerprint density at radius 1 is 1.00 bits per heavy atom. The highest BCUT2D eigenvalue weighted by molar-refractivity contribution is 9.09. The first-order chi connectivity index (χ1) is 5.35. The summed E-state index contributed by atoms with van der Waals surface area (Å²) in [5.74, 6) is 0. The molecule has 0 bridgehead atoms. The highest BCUT2D eigenvalue weighted by Crippen LogP contribution is 2.35. The van der Waals surface area contributed by atoms with E-state index in [0.29, 0.717) is 7.92 Å². The van der Waals surface area contributed by atoms with Crippen LogP contribution in [0.3, 0.4) is 0 Å². The molecule has 0 nitrogen and oxygen atoms in total. The SMILES string of the molecule is CCP(CC)CCCCCBr. The molecule has 0 rings (SSSR count). The van der Waals surface area contributed by atoms with Crippen molar-refractivity contribution in [2.75, 3.05) is 23.8 Å². The van der Waals surface area contributed by atoms with Crippen molar-refractivity contribution < 1.29 is 0 Å². The average Bonchev–Trinajstić information content (AvgIpc) is 2.05. The molecular formula is C9H20BrP. The first kappa shape index (κ1) is 11.9.